The number of amides is 4. The van der Waals surface area contributed by atoms with Crippen LogP contribution < -0.4 is 15.0 Å². The second-order valence-electron chi connectivity index (χ2n) is 16.3. The Labute approximate surface area is 365 Å². The fraction of sp³-hybridized carbons (Fsp3) is 0.435. The Morgan fingerprint density at radius 2 is 1.66 bits per heavy atom. The lowest BCUT2D eigenvalue weighted by Crippen LogP contribution is -2.52. The first-order valence-electron chi connectivity index (χ1n) is 21.3. The van der Waals surface area contributed by atoms with E-state index in [1.165, 1.54) is 18.0 Å². The normalized spacial score (nSPS) is 18.8. The van der Waals surface area contributed by atoms with Gasteiger partial charge < -0.3 is 24.3 Å². The molecule has 5 heterocycles. The number of nitrogens with one attached hydrogen (secondary N) is 1. The lowest BCUT2D eigenvalue weighted by atomic mass is 9.85. The minimum absolute atomic E-state index is 0.00751. The van der Waals surface area contributed by atoms with Gasteiger partial charge in [0.2, 0.25) is 11.8 Å². The van der Waals surface area contributed by atoms with E-state index < -0.39 is 11.9 Å². The Bertz CT molecular complexity index is 2350. The number of ether oxygens (including phenoxy) is 1. The number of carbonyl (C=O) groups excluding carboxylic acids is 4. The molecule has 0 radical (unpaired) electrons. The van der Waals surface area contributed by atoms with Crippen LogP contribution in [0.2, 0.25) is 5.02 Å². The van der Waals surface area contributed by atoms with Crippen molar-refractivity contribution in [3.63, 3.8) is 0 Å². The lowest BCUT2D eigenvalue weighted by molar-refractivity contribution is -0.137. The molecule has 4 amide bonds. The molecule has 0 spiro atoms. The molecule has 3 aromatic carbocycles. The van der Waals surface area contributed by atoms with Gasteiger partial charge in [-0.3, -0.25) is 24.5 Å². The Hall–Kier alpha value is -5.11. The first-order chi connectivity index (χ1) is 29.6. The molecule has 15 heteroatoms. The van der Waals surface area contributed by atoms with Gasteiger partial charge in [0.05, 0.1) is 22.7 Å². The SMILES string of the molecule is C=C(Cl)C(=O)N1CCN(c2ncnc3cc(-c4c(F)cccc4OCCCCCCCN4CCC(c5cccc6c5CN(C5CCC(=O)NC5=O)C6=O)CC4)c(Cl)cc23)CC1. The maximum atomic E-state index is 15.5. The summed E-state index contributed by atoms with van der Waals surface area (Å²) in [5, 5.41) is 3.47. The number of unbranched alkanes of at least 4 members (excludes halogenated alkanes) is 4. The van der Waals surface area contributed by atoms with Gasteiger partial charge in [0.25, 0.3) is 11.8 Å². The summed E-state index contributed by atoms with van der Waals surface area (Å²) in [5.74, 6) is 0.00295. The molecule has 8 rings (SSSR count). The number of aromatic nitrogens is 2. The highest BCUT2D eigenvalue weighted by atomic mass is 35.5. The van der Waals surface area contributed by atoms with Gasteiger partial charge in [-0.15, -0.1) is 0 Å². The maximum Gasteiger partial charge on any atom is 0.264 e. The minimum atomic E-state index is -0.604. The Morgan fingerprint density at radius 1 is 0.902 bits per heavy atom. The van der Waals surface area contributed by atoms with Gasteiger partial charge >= 0.3 is 0 Å². The number of imide groups is 1. The van der Waals surface area contributed by atoms with Crippen LogP contribution in [0.1, 0.15) is 85.2 Å². The van der Waals surface area contributed by atoms with Crippen molar-refractivity contribution in [3.05, 3.63) is 94.0 Å². The van der Waals surface area contributed by atoms with Crippen LogP contribution in [-0.4, -0.2) is 107 Å². The van der Waals surface area contributed by atoms with Gasteiger partial charge in [-0.1, -0.05) is 67.2 Å². The van der Waals surface area contributed by atoms with Crippen molar-refractivity contribution >= 4 is 63.6 Å². The van der Waals surface area contributed by atoms with Crippen molar-refractivity contribution in [3.8, 4) is 16.9 Å². The van der Waals surface area contributed by atoms with Crippen molar-refractivity contribution < 1.29 is 28.3 Å². The molecule has 0 aliphatic carbocycles. The van der Waals surface area contributed by atoms with E-state index in [4.69, 9.17) is 27.9 Å². The summed E-state index contributed by atoms with van der Waals surface area (Å²) in [5.41, 5.74) is 4.35. The van der Waals surface area contributed by atoms with Crippen LogP contribution in [0.25, 0.3) is 22.0 Å². The third-order valence-electron chi connectivity index (χ3n) is 12.6. The first kappa shape index (κ1) is 42.6. The van der Waals surface area contributed by atoms with Crippen LogP contribution >= 0.6 is 23.2 Å². The predicted molar refractivity (Wildman–Crippen MR) is 233 cm³/mol. The highest BCUT2D eigenvalue weighted by molar-refractivity contribution is 6.41. The highest BCUT2D eigenvalue weighted by Crippen LogP contribution is 2.41. The summed E-state index contributed by atoms with van der Waals surface area (Å²) in [6, 6.07) is 13.7. The van der Waals surface area contributed by atoms with Crippen LogP contribution in [0.4, 0.5) is 10.2 Å². The molecule has 12 nitrogen and oxygen atoms in total. The largest absolute Gasteiger partial charge is 0.493 e. The molecular weight excluding hydrogens is 820 g/mol. The average molecular weight is 871 g/mol. The van der Waals surface area contributed by atoms with Gasteiger partial charge in [-0.25, -0.2) is 14.4 Å². The predicted octanol–water partition coefficient (Wildman–Crippen LogP) is 7.46. The number of likely N-dealkylation sites (tertiary alicyclic amines) is 1. The average Bonchev–Trinajstić information content (AvgIpc) is 3.60. The molecule has 3 saturated heterocycles. The zero-order chi connectivity index (χ0) is 42.6. The summed E-state index contributed by atoms with van der Waals surface area (Å²) in [6.45, 7) is 9.51. The van der Waals surface area contributed by atoms with Crippen molar-refractivity contribution in [1.82, 2.24) is 30.0 Å². The molecule has 4 aromatic rings. The number of piperazine rings is 1. The quantitative estimate of drug-likeness (QED) is 0.0781. The van der Waals surface area contributed by atoms with Crippen molar-refractivity contribution in [2.45, 2.75) is 76.3 Å². The number of rotatable bonds is 14. The van der Waals surface area contributed by atoms with Crippen LogP contribution in [0, 0.1) is 5.82 Å². The van der Waals surface area contributed by atoms with E-state index in [-0.39, 0.29) is 35.1 Å². The van der Waals surface area contributed by atoms with E-state index >= 15 is 4.39 Å². The van der Waals surface area contributed by atoms with Gasteiger partial charge in [0.15, 0.2) is 0 Å². The smallest absolute Gasteiger partial charge is 0.264 e. The molecule has 4 aliphatic rings. The highest BCUT2D eigenvalue weighted by Gasteiger charge is 2.40. The fourth-order valence-corrected chi connectivity index (χ4v) is 9.67. The summed E-state index contributed by atoms with van der Waals surface area (Å²) in [7, 11) is 0. The number of nitrogens with zero attached hydrogens (tertiary/aromatic N) is 6. The lowest BCUT2D eigenvalue weighted by Gasteiger charge is -2.35. The van der Waals surface area contributed by atoms with Gasteiger partial charge in [0.1, 0.15) is 29.8 Å². The van der Waals surface area contributed by atoms with Crippen LogP contribution in [0.5, 0.6) is 5.75 Å². The van der Waals surface area contributed by atoms with E-state index in [1.54, 1.807) is 34.1 Å². The van der Waals surface area contributed by atoms with E-state index in [0.717, 1.165) is 75.5 Å². The molecule has 4 aliphatic heterocycles. The second-order valence-corrected chi connectivity index (χ2v) is 17.2. The van der Waals surface area contributed by atoms with Gasteiger partial charge in [-0.2, -0.15) is 0 Å². The second kappa shape index (κ2) is 18.9. The zero-order valence-electron chi connectivity index (χ0n) is 34.1. The summed E-state index contributed by atoms with van der Waals surface area (Å²) >= 11 is 12.7. The van der Waals surface area contributed by atoms with Crippen LogP contribution in [0.15, 0.2) is 66.5 Å². The van der Waals surface area contributed by atoms with E-state index in [9.17, 15) is 19.2 Å². The Kier molecular flexibility index (Phi) is 13.2. The maximum absolute atomic E-state index is 15.5. The first-order valence-corrected chi connectivity index (χ1v) is 22.1. The van der Waals surface area contributed by atoms with Crippen molar-refractivity contribution in [1.29, 1.82) is 0 Å². The number of benzene rings is 3. The standard InChI is InChI=1S/C46H50Cl2FN7O5/c1-29(47)45(59)55-22-20-54(21-23-55)43-34-25-36(48)33(26-38(34)50-28-51-43)42-37(49)11-8-12-40(42)61-24-6-4-2-3-5-17-53-18-15-30(16-19-53)31-9-7-10-32-35(31)27-56(46(32)60)39-13-14-41(57)52-44(39)58/h7-12,25-26,28,30,39H,1-6,13-24,27H2,(H,52,57,58). The number of anilines is 1. The third-order valence-corrected chi connectivity index (χ3v) is 13.0. The third kappa shape index (κ3) is 9.24. The monoisotopic (exact) mass is 869 g/mol. The summed E-state index contributed by atoms with van der Waals surface area (Å²) in [6.07, 6.45) is 9.29. The number of halogens is 3. The summed E-state index contributed by atoms with van der Waals surface area (Å²) < 4.78 is 21.7. The minimum Gasteiger partial charge on any atom is -0.493 e. The van der Waals surface area contributed by atoms with Crippen LogP contribution in [-0.2, 0) is 20.9 Å². The van der Waals surface area contributed by atoms with Gasteiger partial charge in [-0.05, 0) is 99.1 Å². The molecule has 0 bridgehead atoms. The molecule has 3 fully saturated rings. The molecule has 1 unspecified atom stereocenters. The Balaban J connectivity index is 0.782. The van der Waals surface area contributed by atoms with E-state index in [2.05, 4.69) is 37.7 Å². The van der Waals surface area contributed by atoms with E-state index in [0.29, 0.717) is 90.5 Å². The Morgan fingerprint density at radius 3 is 2.43 bits per heavy atom. The molecule has 1 aromatic heterocycles. The van der Waals surface area contributed by atoms with E-state index in [1.807, 2.05) is 12.1 Å². The van der Waals surface area contributed by atoms with Crippen LogP contribution in [0.3, 0.4) is 0 Å². The fourth-order valence-electron chi connectivity index (χ4n) is 9.30. The van der Waals surface area contributed by atoms with Crippen molar-refractivity contribution in [2.75, 3.05) is 57.3 Å². The number of piperidine rings is 2. The summed E-state index contributed by atoms with van der Waals surface area (Å²) in [4.78, 5) is 66.8. The molecule has 61 heavy (non-hydrogen) atoms. The number of hydrogen-bond donors (Lipinski definition) is 1. The van der Waals surface area contributed by atoms with Crippen molar-refractivity contribution in [2.24, 2.45) is 0 Å². The number of fused-ring (bicyclic) bond motifs is 2. The number of hydrogen-bond acceptors (Lipinski definition) is 9. The molecular formula is C46H50Cl2FN7O5. The van der Waals surface area contributed by atoms with Gasteiger partial charge in [0, 0.05) is 60.7 Å². The molecule has 1 N–H and O–H groups in total. The molecule has 0 saturated carbocycles. The zero-order valence-corrected chi connectivity index (χ0v) is 35.7. The topological polar surface area (TPSA) is 128 Å². The molecule has 320 valence electrons. The number of carbonyl (C=O) groups is 4. The molecule has 1 atom stereocenters.